The van der Waals surface area contributed by atoms with Crippen molar-refractivity contribution < 1.29 is 9.59 Å². The summed E-state index contributed by atoms with van der Waals surface area (Å²) in [7, 11) is 0. The fraction of sp³-hybridized carbons (Fsp3) is 0.579. The van der Waals surface area contributed by atoms with Crippen LogP contribution in [0.4, 0.5) is 5.69 Å². The number of fused-ring (bicyclic) bond motifs is 2. The van der Waals surface area contributed by atoms with E-state index in [-0.39, 0.29) is 17.9 Å². The highest BCUT2D eigenvalue weighted by atomic mass is 16.2. The maximum absolute atomic E-state index is 12.7. The highest BCUT2D eigenvalue weighted by Gasteiger charge is 2.48. The van der Waals surface area contributed by atoms with Crippen LogP contribution in [0.1, 0.15) is 56.5 Å². The Morgan fingerprint density at radius 3 is 2.46 bits per heavy atom. The summed E-state index contributed by atoms with van der Waals surface area (Å²) in [6.45, 7) is 10.1. The van der Waals surface area contributed by atoms with Gasteiger partial charge >= 0.3 is 0 Å². The lowest BCUT2D eigenvalue weighted by Crippen LogP contribution is -2.48. The van der Waals surface area contributed by atoms with E-state index in [0.717, 1.165) is 37.2 Å². The Morgan fingerprint density at radius 1 is 1.21 bits per heavy atom. The molecule has 0 radical (unpaired) electrons. The lowest BCUT2D eigenvalue weighted by Gasteiger charge is -2.39. The predicted molar refractivity (Wildman–Crippen MR) is 95.3 cm³/mol. The highest BCUT2D eigenvalue weighted by Crippen LogP contribution is 2.45. The van der Waals surface area contributed by atoms with Crippen molar-refractivity contribution >= 4 is 17.5 Å². The van der Waals surface area contributed by atoms with Crippen LogP contribution in [0.3, 0.4) is 0 Å². The van der Waals surface area contributed by atoms with Gasteiger partial charge in [0.1, 0.15) is 0 Å². The van der Waals surface area contributed by atoms with E-state index < -0.39 is 5.41 Å². The third kappa shape index (κ3) is 2.81. The quantitative estimate of drug-likeness (QED) is 0.896. The second-order valence-corrected chi connectivity index (χ2v) is 7.55. The number of piperidine rings is 1. The maximum Gasteiger partial charge on any atom is 0.251 e. The van der Waals surface area contributed by atoms with E-state index in [1.165, 1.54) is 0 Å². The lowest BCUT2D eigenvalue weighted by atomic mass is 9.73. The number of carbonyl (C=O) groups excluding carboxylic acids is 2. The Morgan fingerprint density at radius 2 is 1.88 bits per heavy atom. The number of anilines is 1. The summed E-state index contributed by atoms with van der Waals surface area (Å²) in [5, 5.41) is 5.94. The molecule has 0 aliphatic carbocycles. The van der Waals surface area contributed by atoms with Gasteiger partial charge in [-0.2, -0.15) is 0 Å². The van der Waals surface area contributed by atoms with Crippen LogP contribution in [-0.4, -0.2) is 41.9 Å². The summed E-state index contributed by atoms with van der Waals surface area (Å²) in [6.07, 6.45) is 1.61. The first kappa shape index (κ1) is 17.0. The second kappa shape index (κ2) is 6.20. The maximum atomic E-state index is 12.7. The third-order valence-corrected chi connectivity index (χ3v) is 5.28. The summed E-state index contributed by atoms with van der Waals surface area (Å²) < 4.78 is 0. The first-order valence-corrected chi connectivity index (χ1v) is 8.84. The molecule has 5 heteroatoms. The number of benzene rings is 1. The largest absolute Gasteiger partial charge is 0.350 e. The van der Waals surface area contributed by atoms with Gasteiger partial charge in [-0.1, -0.05) is 0 Å². The van der Waals surface area contributed by atoms with Crippen molar-refractivity contribution in [3.05, 3.63) is 29.3 Å². The molecule has 1 fully saturated rings. The van der Waals surface area contributed by atoms with Crippen molar-refractivity contribution in [3.8, 4) is 0 Å². The van der Waals surface area contributed by atoms with E-state index in [4.69, 9.17) is 0 Å². The summed E-state index contributed by atoms with van der Waals surface area (Å²) in [5.41, 5.74) is 2.01. The van der Waals surface area contributed by atoms with Crippen LogP contribution < -0.4 is 10.6 Å². The van der Waals surface area contributed by atoms with Crippen LogP contribution in [0.5, 0.6) is 0 Å². The fourth-order valence-electron chi connectivity index (χ4n) is 3.82. The van der Waals surface area contributed by atoms with E-state index >= 15 is 0 Å². The zero-order valence-electron chi connectivity index (χ0n) is 15.0. The van der Waals surface area contributed by atoms with E-state index in [0.29, 0.717) is 11.6 Å². The Balaban J connectivity index is 1.90. The van der Waals surface area contributed by atoms with E-state index in [9.17, 15) is 9.59 Å². The van der Waals surface area contributed by atoms with Crippen molar-refractivity contribution in [1.82, 2.24) is 10.2 Å². The first-order valence-electron chi connectivity index (χ1n) is 8.84. The van der Waals surface area contributed by atoms with Crippen molar-refractivity contribution in [2.24, 2.45) is 0 Å². The molecule has 0 saturated carbocycles. The second-order valence-electron chi connectivity index (χ2n) is 7.55. The molecule has 2 aliphatic heterocycles. The Bertz CT molecular complexity index is 659. The summed E-state index contributed by atoms with van der Waals surface area (Å²) in [6, 6.07) is 6.16. The molecule has 0 bridgehead atoms. The van der Waals surface area contributed by atoms with Gasteiger partial charge in [-0.25, -0.2) is 0 Å². The van der Waals surface area contributed by atoms with Gasteiger partial charge < -0.3 is 15.5 Å². The smallest absolute Gasteiger partial charge is 0.251 e. The van der Waals surface area contributed by atoms with E-state index in [1.54, 1.807) is 6.07 Å². The van der Waals surface area contributed by atoms with E-state index in [2.05, 4.69) is 29.4 Å². The van der Waals surface area contributed by atoms with Crippen molar-refractivity contribution in [3.63, 3.8) is 0 Å². The van der Waals surface area contributed by atoms with Crippen LogP contribution in [0.15, 0.2) is 18.2 Å². The molecule has 1 aromatic carbocycles. The van der Waals surface area contributed by atoms with Crippen molar-refractivity contribution in [2.75, 3.05) is 18.4 Å². The lowest BCUT2D eigenvalue weighted by molar-refractivity contribution is -0.122. The number of amides is 2. The Labute approximate surface area is 143 Å². The minimum absolute atomic E-state index is 0.0816. The molecule has 24 heavy (non-hydrogen) atoms. The molecule has 0 atom stereocenters. The highest BCUT2D eigenvalue weighted by molar-refractivity contribution is 6.07. The number of nitrogens with zero attached hydrogens (tertiary/aromatic N) is 1. The molecule has 0 unspecified atom stereocenters. The van der Waals surface area contributed by atoms with Gasteiger partial charge in [0.25, 0.3) is 5.91 Å². The van der Waals surface area contributed by atoms with Gasteiger partial charge in [-0.05, 0) is 77.4 Å². The summed E-state index contributed by atoms with van der Waals surface area (Å²) >= 11 is 0. The number of nitrogens with one attached hydrogen (secondary N) is 2. The van der Waals surface area contributed by atoms with Crippen LogP contribution in [0.2, 0.25) is 0 Å². The third-order valence-electron chi connectivity index (χ3n) is 5.28. The summed E-state index contributed by atoms with van der Waals surface area (Å²) in [4.78, 5) is 27.4. The number of likely N-dealkylation sites (tertiary alicyclic amines) is 1. The van der Waals surface area contributed by atoms with Gasteiger partial charge in [-0.3, -0.25) is 9.59 Å². The molecule has 2 amide bonds. The standard InChI is InChI=1S/C19H27N3O2/c1-12(2)20-17(23)14-5-6-16-15(11-14)19(18(24)21-16)7-9-22(10-8-19)13(3)4/h5-6,11-13H,7-10H2,1-4H3,(H,20,23)(H,21,24). The minimum Gasteiger partial charge on any atom is -0.350 e. The van der Waals surface area contributed by atoms with Gasteiger partial charge in [-0.15, -0.1) is 0 Å². The zero-order valence-corrected chi connectivity index (χ0v) is 15.0. The number of rotatable bonds is 3. The van der Waals surface area contributed by atoms with Gasteiger partial charge in [0, 0.05) is 23.3 Å². The SMILES string of the molecule is CC(C)NC(=O)c1ccc2c(c1)C1(CCN(C(C)C)CC1)C(=O)N2. The van der Waals surface area contributed by atoms with Gasteiger partial charge in [0.2, 0.25) is 5.91 Å². The molecule has 5 nitrogen and oxygen atoms in total. The Hall–Kier alpha value is -1.88. The van der Waals surface area contributed by atoms with Crippen LogP contribution in [-0.2, 0) is 10.2 Å². The van der Waals surface area contributed by atoms with E-state index in [1.807, 2.05) is 26.0 Å². The van der Waals surface area contributed by atoms with Crippen LogP contribution in [0.25, 0.3) is 0 Å². The molecule has 2 aliphatic rings. The number of hydrogen-bond donors (Lipinski definition) is 2. The minimum atomic E-state index is -0.477. The van der Waals surface area contributed by atoms with Gasteiger partial charge in [0.15, 0.2) is 0 Å². The normalized spacial score (nSPS) is 19.7. The first-order chi connectivity index (χ1) is 11.3. The summed E-state index contributed by atoms with van der Waals surface area (Å²) in [5.74, 6) is 0.00393. The van der Waals surface area contributed by atoms with Crippen molar-refractivity contribution in [2.45, 2.75) is 58.0 Å². The van der Waals surface area contributed by atoms with Gasteiger partial charge in [0.05, 0.1) is 5.41 Å². The van der Waals surface area contributed by atoms with Crippen molar-refractivity contribution in [1.29, 1.82) is 0 Å². The molecule has 1 aromatic rings. The average molecular weight is 329 g/mol. The predicted octanol–water partition coefficient (Wildman–Crippen LogP) is 2.52. The monoisotopic (exact) mass is 329 g/mol. The molecular weight excluding hydrogens is 302 g/mol. The molecule has 130 valence electrons. The molecule has 3 rings (SSSR count). The van der Waals surface area contributed by atoms with Crippen LogP contribution in [0, 0.1) is 0 Å². The zero-order chi connectivity index (χ0) is 17.5. The van der Waals surface area contributed by atoms with Crippen LogP contribution >= 0.6 is 0 Å². The topological polar surface area (TPSA) is 61.4 Å². The average Bonchev–Trinajstić information content (AvgIpc) is 2.79. The Kier molecular flexibility index (Phi) is 4.38. The molecule has 0 aromatic heterocycles. The molecule has 1 saturated heterocycles. The molecular formula is C19H27N3O2. The molecule has 2 heterocycles. The molecule has 1 spiro atoms. The molecule has 2 N–H and O–H groups in total. The number of carbonyl (C=O) groups is 2. The fourth-order valence-corrected chi connectivity index (χ4v) is 3.82. The number of hydrogen-bond acceptors (Lipinski definition) is 3.